The first kappa shape index (κ1) is 18.7. The molecule has 27 heavy (non-hydrogen) atoms. The quantitative estimate of drug-likeness (QED) is 0.493. The minimum Gasteiger partial charge on any atom is -0.494 e. The van der Waals surface area contributed by atoms with E-state index in [-0.39, 0.29) is 5.91 Å². The van der Waals surface area contributed by atoms with E-state index < -0.39 is 0 Å². The van der Waals surface area contributed by atoms with Crippen LogP contribution in [0.25, 0.3) is 11.3 Å². The number of carbonyl (C=O) groups excluding carboxylic acids is 1. The van der Waals surface area contributed by atoms with Crippen molar-refractivity contribution in [2.45, 2.75) is 13.8 Å². The number of halogens is 1. The van der Waals surface area contributed by atoms with Gasteiger partial charge in [-0.2, -0.15) is 10.2 Å². The van der Waals surface area contributed by atoms with E-state index in [4.69, 9.17) is 16.3 Å². The van der Waals surface area contributed by atoms with Gasteiger partial charge >= 0.3 is 0 Å². The largest absolute Gasteiger partial charge is 0.494 e. The molecule has 0 aliphatic carbocycles. The summed E-state index contributed by atoms with van der Waals surface area (Å²) >= 11 is 5.89. The third kappa shape index (κ3) is 4.74. The van der Waals surface area contributed by atoms with Crippen molar-refractivity contribution in [3.05, 3.63) is 70.9 Å². The molecule has 0 fully saturated rings. The molecule has 0 unspecified atom stereocenters. The summed E-state index contributed by atoms with van der Waals surface area (Å²) in [5.41, 5.74) is 5.96. The molecule has 0 spiro atoms. The van der Waals surface area contributed by atoms with Gasteiger partial charge in [0.05, 0.1) is 18.0 Å². The molecule has 138 valence electrons. The van der Waals surface area contributed by atoms with Crippen molar-refractivity contribution in [1.82, 2.24) is 15.6 Å². The number of nitrogens with zero attached hydrogens (tertiary/aromatic N) is 2. The summed E-state index contributed by atoms with van der Waals surface area (Å²) in [4.78, 5) is 12.3. The van der Waals surface area contributed by atoms with Crippen LogP contribution in [0.4, 0.5) is 0 Å². The second-order valence-corrected chi connectivity index (χ2v) is 6.21. The third-order valence-corrected chi connectivity index (χ3v) is 4.12. The molecule has 1 amide bonds. The van der Waals surface area contributed by atoms with Crippen molar-refractivity contribution in [1.29, 1.82) is 0 Å². The third-order valence-electron chi connectivity index (χ3n) is 3.87. The monoisotopic (exact) mass is 382 g/mol. The summed E-state index contributed by atoms with van der Waals surface area (Å²) in [5.74, 6) is 0.429. The highest BCUT2D eigenvalue weighted by molar-refractivity contribution is 6.30. The Morgan fingerprint density at radius 3 is 2.56 bits per heavy atom. The maximum Gasteiger partial charge on any atom is 0.289 e. The molecular weight excluding hydrogens is 364 g/mol. The van der Waals surface area contributed by atoms with Gasteiger partial charge in [-0.25, -0.2) is 5.43 Å². The van der Waals surface area contributed by atoms with Crippen LogP contribution in [0.5, 0.6) is 5.75 Å². The van der Waals surface area contributed by atoms with Gasteiger partial charge in [0.25, 0.3) is 5.91 Å². The molecule has 0 bridgehead atoms. The normalized spacial score (nSPS) is 11.3. The molecule has 7 heteroatoms. The van der Waals surface area contributed by atoms with Crippen molar-refractivity contribution in [3.8, 4) is 17.0 Å². The maximum atomic E-state index is 12.3. The Balaban J connectivity index is 1.66. The summed E-state index contributed by atoms with van der Waals surface area (Å²) in [7, 11) is 0. The van der Waals surface area contributed by atoms with Gasteiger partial charge in [0.2, 0.25) is 0 Å². The molecule has 3 aromatic rings. The zero-order chi connectivity index (χ0) is 19.2. The van der Waals surface area contributed by atoms with Crippen molar-refractivity contribution in [3.63, 3.8) is 0 Å². The highest BCUT2D eigenvalue weighted by Gasteiger charge is 2.11. The fourth-order valence-electron chi connectivity index (χ4n) is 2.43. The second-order valence-electron chi connectivity index (χ2n) is 5.77. The zero-order valence-corrected chi connectivity index (χ0v) is 15.7. The zero-order valence-electron chi connectivity index (χ0n) is 15.0. The van der Waals surface area contributed by atoms with E-state index in [1.165, 1.54) is 0 Å². The molecule has 2 N–H and O–H groups in total. The van der Waals surface area contributed by atoms with Crippen molar-refractivity contribution < 1.29 is 9.53 Å². The molecule has 0 radical (unpaired) electrons. The summed E-state index contributed by atoms with van der Waals surface area (Å²) < 4.78 is 5.41. The Morgan fingerprint density at radius 1 is 1.19 bits per heavy atom. The topological polar surface area (TPSA) is 79.4 Å². The number of carbonyl (C=O) groups is 1. The summed E-state index contributed by atoms with van der Waals surface area (Å²) in [6, 6.07) is 16.4. The molecule has 1 heterocycles. The van der Waals surface area contributed by atoms with Crippen LogP contribution >= 0.6 is 11.6 Å². The van der Waals surface area contributed by atoms with Gasteiger partial charge in [-0.05, 0) is 61.9 Å². The number of H-pyrrole nitrogens is 1. The minimum absolute atomic E-state index is 0.322. The van der Waals surface area contributed by atoms with E-state index in [1.807, 2.05) is 50.2 Å². The predicted octanol–water partition coefficient (Wildman–Crippen LogP) is 4.28. The van der Waals surface area contributed by atoms with E-state index in [0.29, 0.717) is 28.7 Å². The van der Waals surface area contributed by atoms with Crippen molar-refractivity contribution in [2.75, 3.05) is 6.61 Å². The molecule has 0 aliphatic heterocycles. The van der Waals surface area contributed by atoms with Crippen LogP contribution in [0.1, 0.15) is 29.9 Å². The summed E-state index contributed by atoms with van der Waals surface area (Å²) in [6.07, 6.45) is 0. The summed E-state index contributed by atoms with van der Waals surface area (Å²) in [6.45, 7) is 4.37. The molecule has 2 aromatic carbocycles. The smallest absolute Gasteiger partial charge is 0.289 e. The summed E-state index contributed by atoms with van der Waals surface area (Å²) in [5, 5.41) is 11.7. The Bertz CT molecular complexity index is 947. The van der Waals surface area contributed by atoms with E-state index >= 15 is 0 Å². The molecule has 6 nitrogen and oxygen atoms in total. The van der Waals surface area contributed by atoms with Crippen LogP contribution in [0, 0.1) is 0 Å². The fourth-order valence-corrected chi connectivity index (χ4v) is 2.55. The Kier molecular flexibility index (Phi) is 5.88. The lowest BCUT2D eigenvalue weighted by atomic mass is 10.1. The SMILES string of the molecule is CCOc1ccc(/C(C)=N/NC(=O)c2cc(-c3ccc(Cl)cc3)n[nH]2)cc1. The van der Waals surface area contributed by atoms with Crippen molar-refractivity contribution >= 4 is 23.2 Å². The van der Waals surface area contributed by atoms with Gasteiger partial charge in [-0.15, -0.1) is 0 Å². The van der Waals surface area contributed by atoms with E-state index in [2.05, 4.69) is 20.7 Å². The number of amides is 1. The lowest BCUT2D eigenvalue weighted by molar-refractivity contribution is 0.0950. The average molecular weight is 383 g/mol. The number of aromatic nitrogens is 2. The first-order chi connectivity index (χ1) is 13.1. The molecule has 0 aliphatic rings. The Hall–Kier alpha value is -3.12. The van der Waals surface area contributed by atoms with Crippen LogP contribution in [-0.2, 0) is 0 Å². The van der Waals surface area contributed by atoms with Crippen molar-refractivity contribution in [2.24, 2.45) is 5.10 Å². The molecule has 1 aromatic heterocycles. The number of ether oxygens (including phenoxy) is 1. The maximum absolute atomic E-state index is 12.3. The lowest BCUT2D eigenvalue weighted by Gasteiger charge is -2.05. The number of aromatic amines is 1. The Morgan fingerprint density at radius 2 is 1.89 bits per heavy atom. The molecule has 0 atom stereocenters. The van der Waals surface area contributed by atoms with Gasteiger partial charge in [0, 0.05) is 10.6 Å². The van der Waals surface area contributed by atoms with Crippen LogP contribution in [0.2, 0.25) is 5.02 Å². The fraction of sp³-hybridized carbons (Fsp3) is 0.150. The average Bonchev–Trinajstić information content (AvgIpc) is 3.17. The second kappa shape index (κ2) is 8.51. The predicted molar refractivity (Wildman–Crippen MR) is 106 cm³/mol. The first-order valence-electron chi connectivity index (χ1n) is 8.46. The number of hydrazone groups is 1. The lowest BCUT2D eigenvalue weighted by Crippen LogP contribution is -2.19. The molecule has 3 rings (SSSR count). The van der Waals surface area contributed by atoms with E-state index in [1.54, 1.807) is 18.2 Å². The highest BCUT2D eigenvalue weighted by Crippen LogP contribution is 2.20. The van der Waals surface area contributed by atoms with Crippen LogP contribution < -0.4 is 10.2 Å². The minimum atomic E-state index is -0.368. The molecule has 0 saturated carbocycles. The molecular formula is C20H19ClN4O2. The Labute approximate surface area is 162 Å². The van der Waals surface area contributed by atoms with Crippen LogP contribution in [0.3, 0.4) is 0 Å². The van der Waals surface area contributed by atoms with Crippen LogP contribution in [0.15, 0.2) is 59.7 Å². The van der Waals surface area contributed by atoms with Gasteiger partial charge in [0.1, 0.15) is 11.4 Å². The highest BCUT2D eigenvalue weighted by atomic mass is 35.5. The van der Waals surface area contributed by atoms with Gasteiger partial charge in [0.15, 0.2) is 0 Å². The van der Waals surface area contributed by atoms with Gasteiger partial charge < -0.3 is 4.74 Å². The van der Waals surface area contributed by atoms with E-state index in [0.717, 1.165) is 16.9 Å². The number of hydrogen-bond donors (Lipinski definition) is 2. The van der Waals surface area contributed by atoms with Gasteiger partial charge in [-0.3, -0.25) is 9.89 Å². The standard InChI is InChI=1S/C20H19ClN4O2/c1-3-27-17-10-6-14(7-11-17)13(2)22-25-20(26)19-12-18(23-24-19)15-4-8-16(21)9-5-15/h4-12H,3H2,1-2H3,(H,23,24)(H,25,26)/b22-13+. The molecule has 0 saturated heterocycles. The number of benzene rings is 2. The van der Waals surface area contributed by atoms with E-state index in [9.17, 15) is 4.79 Å². The number of rotatable bonds is 6. The number of hydrogen-bond acceptors (Lipinski definition) is 4. The van der Waals surface area contributed by atoms with Crippen LogP contribution in [-0.4, -0.2) is 28.4 Å². The van der Waals surface area contributed by atoms with Gasteiger partial charge in [-0.1, -0.05) is 23.7 Å². The first-order valence-corrected chi connectivity index (χ1v) is 8.84. The number of nitrogens with one attached hydrogen (secondary N) is 2.